The van der Waals surface area contributed by atoms with E-state index in [4.69, 9.17) is 14.2 Å². The molecule has 2 fully saturated rings. The first-order valence-electron chi connectivity index (χ1n) is 7.77. The lowest BCUT2D eigenvalue weighted by molar-refractivity contribution is -0.148. The van der Waals surface area contributed by atoms with Crippen LogP contribution < -0.4 is 9.47 Å². The van der Waals surface area contributed by atoms with Gasteiger partial charge in [-0.2, -0.15) is 0 Å². The number of hydrogen-bond donors (Lipinski definition) is 0. The van der Waals surface area contributed by atoms with Gasteiger partial charge in [-0.25, -0.2) is 0 Å². The quantitative estimate of drug-likeness (QED) is 0.743. The Kier molecular flexibility index (Phi) is 4.15. The van der Waals surface area contributed by atoms with E-state index in [1.54, 1.807) is 32.1 Å². The Morgan fingerprint density at radius 1 is 1.30 bits per heavy atom. The van der Waals surface area contributed by atoms with Crippen molar-refractivity contribution in [2.24, 2.45) is 17.8 Å². The number of hydrogen-bond acceptors (Lipinski definition) is 5. The van der Waals surface area contributed by atoms with E-state index < -0.39 is 0 Å². The van der Waals surface area contributed by atoms with Crippen molar-refractivity contribution in [3.8, 4) is 11.5 Å². The lowest BCUT2D eigenvalue weighted by Crippen LogP contribution is -2.31. The van der Waals surface area contributed by atoms with Crippen molar-refractivity contribution >= 4 is 11.9 Å². The molecule has 1 saturated heterocycles. The molecule has 124 valence electrons. The van der Waals surface area contributed by atoms with Crippen LogP contribution in [0, 0.1) is 17.8 Å². The maximum atomic E-state index is 12.4. The summed E-state index contributed by atoms with van der Waals surface area (Å²) >= 11 is 0. The molecule has 0 N–H and O–H groups in total. The Hall–Kier alpha value is -2.24. The topological polar surface area (TPSA) is 65.1 Å². The summed E-state index contributed by atoms with van der Waals surface area (Å²) in [7, 11) is 3.19. The van der Waals surface area contributed by atoms with E-state index >= 15 is 0 Å². The summed E-state index contributed by atoms with van der Waals surface area (Å²) in [4.78, 5) is 26.0. The third-order valence-electron chi connectivity index (χ3n) is 4.61. The largest absolute Gasteiger partial charge is 0.497 e. The first-order chi connectivity index (χ1) is 11.1. The van der Waals surface area contributed by atoms with E-state index in [2.05, 4.69) is 0 Å². The van der Waals surface area contributed by atoms with Crippen LogP contribution in [0.2, 0.25) is 0 Å². The Morgan fingerprint density at radius 2 is 2.09 bits per heavy atom. The smallest absolute Gasteiger partial charge is 0.310 e. The van der Waals surface area contributed by atoms with Gasteiger partial charge in [0.05, 0.1) is 32.7 Å². The highest BCUT2D eigenvalue weighted by atomic mass is 16.5. The van der Waals surface area contributed by atoms with Crippen molar-refractivity contribution < 1.29 is 23.8 Å². The summed E-state index contributed by atoms with van der Waals surface area (Å²) in [5.74, 6) is 0.868. The van der Waals surface area contributed by atoms with Crippen LogP contribution in [0.25, 0.3) is 0 Å². The van der Waals surface area contributed by atoms with Crippen LogP contribution in [-0.4, -0.2) is 44.1 Å². The molecule has 0 bridgehead atoms. The van der Waals surface area contributed by atoms with Gasteiger partial charge in [0.15, 0.2) is 0 Å². The summed E-state index contributed by atoms with van der Waals surface area (Å²) in [5, 5.41) is 0. The SMILES string of the molecule is CCOC(=O)[C@@H]1[C@H]2CN(Cc3ccc(OC)cc3OC)C(=O)[C@H]21. The molecule has 3 rings (SSSR count). The van der Waals surface area contributed by atoms with E-state index in [9.17, 15) is 9.59 Å². The van der Waals surface area contributed by atoms with E-state index in [1.807, 2.05) is 12.1 Å². The van der Waals surface area contributed by atoms with Gasteiger partial charge in [0.25, 0.3) is 0 Å². The summed E-state index contributed by atoms with van der Waals surface area (Å²) < 4.78 is 15.6. The Bertz CT molecular complexity index is 629. The molecule has 23 heavy (non-hydrogen) atoms. The highest BCUT2D eigenvalue weighted by Crippen LogP contribution is 2.53. The molecule has 6 heteroatoms. The van der Waals surface area contributed by atoms with E-state index in [0.29, 0.717) is 31.2 Å². The number of nitrogens with zero attached hydrogens (tertiary/aromatic N) is 1. The molecule has 1 saturated carbocycles. The van der Waals surface area contributed by atoms with Gasteiger partial charge in [-0.15, -0.1) is 0 Å². The molecule has 0 radical (unpaired) electrons. The Labute approximate surface area is 135 Å². The van der Waals surface area contributed by atoms with Crippen LogP contribution in [0.15, 0.2) is 18.2 Å². The Morgan fingerprint density at radius 3 is 2.65 bits per heavy atom. The fourth-order valence-electron chi connectivity index (χ4n) is 3.38. The third kappa shape index (κ3) is 2.73. The summed E-state index contributed by atoms with van der Waals surface area (Å²) in [5.41, 5.74) is 0.927. The second-order valence-electron chi connectivity index (χ2n) is 5.86. The number of piperidine rings is 1. The monoisotopic (exact) mass is 319 g/mol. The molecule has 0 spiro atoms. The van der Waals surface area contributed by atoms with Gasteiger partial charge in [0.1, 0.15) is 11.5 Å². The molecule has 1 aromatic carbocycles. The maximum Gasteiger partial charge on any atom is 0.310 e. The first kappa shape index (κ1) is 15.6. The van der Waals surface area contributed by atoms with Gasteiger partial charge in [-0.1, -0.05) is 0 Å². The van der Waals surface area contributed by atoms with Gasteiger partial charge in [0, 0.05) is 30.6 Å². The van der Waals surface area contributed by atoms with Gasteiger partial charge in [-0.05, 0) is 19.1 Å². The van der Waals surface area contributed by atoms with Crippen molar-refractivity contribution in [3.63, 3.8) is 0 Å². The number of methoxy groups -OCH3 is 2. The van der Waals surface area contributed by atoms with Crippen LogP contribution in [0.1, 0.15) is 12.5 Å². The number of benzene rings is 1. The van der Waals surface area contributed by atoms with Crippen LogP contribution >= 0.6 is 0 Å². The number of likely N-dealkylation sites (tertiary alicyclic amines) is 1. The van der Waals surface area contributed by atoms with Crippen molar-refractivity contribution in [2.45, 2.75) is 13.5 Å². The lowest BCUT2D eigenvalue weighted by Gasteiger charge is -2.21. The van der Waals surface area contributed by atoms with Crippen molar-refractivity contribution in [2.75, 3.05) is 27.4 Å². The molecule has 0 aromatic heterocycles. The fourth-order valence-corrected chi connectivity index (χ4v) is 3.38. The average molecular weight is 319 g/mol. The molecular weight excluding hydrogens is 298 g/mol. The molecule has 1 aliphatic heterocycles. The molecule has 1 aliphatic carbocycles. The lowest BCUT2D eigenvalue weighted by atomic mass is 10.1. The molecule has 2 aliphatic rings. The zero-order chi connectivity index (χ0) is 16.6. The zero-order valence-electron chi connectivity index (χ0n) is 13.6. The minimum Gasteiger partial charge on any atom is -0.497 e. The molecular formula is C17H21NO5. The minimum atomic E-state index is -0.239. The highest BCUT2D eigenvalue weighted by Gasteiger charge is 2.65. The van der Waals surface area contributed by atoms with Crippen LogP contribution in [0.5, 0.6) is 11.5 Å². The first-order valence-corrected chi connectivity index (χ1v) is 7.77. The van der Waals surface area contributed by atoms with Gasteiger partial charge in [0.2, 0.25) is 5.91 Å². The number of amides is 1. The Balaban J connectivity index is 1.66. The molecule has 1 amide bonds. The van der Waals surface area contributed by atoms with Gasteiger partial charge < -0.3 is 19.1 Å². The maximum absolute atomic E-state index is 12.4. The predicted molar refractivity (Wildman–Crippen MR) is 82.1 cm³/mol. The number of rotatable bonds is 6. The van der Waals surface area contributed by atoms with Crippen LogP contribution in [0.4, 0.5) is 0 Å². The van der Waals surface area contributed by atoms with E-state index in [-0.39, 0.29) is 29.6 Å². The molecule has 6 nitrogen and oxygen atoms in total. The third-order valence-corrected chi connectivity index (χ3v) is 4.61. The molecule has 1 heterocycles. The average Bonchev–Trinajstić information content (AvgIpc) is 3.19. The molecule has 3 atom stereocenters. The molecule has 1 aromatic rings. The van der Waals surface area contributed by atoms with Gasteiger partial charge in [-0.3, -0.25) is 9.59 Å². The normalized spacial score (nSPS) is 25.1. The van der Waals surface area contributed by atoms with Crippen LogP contribution in [-0.2, 0) is 20.9 Å². The predicted octanol–water partition coefficient (Wildman–Crippen LogP) is 1.47. The van der Waals surface area contributed by atoms with Crippen LogP contribution in [0.3, 0.4) is 0 Å². The van der Waals surface area contributed by atoms with E-state index in [0.717, 1.165) is 5.56 Å². The summed E-state index contributed by atoms with van der Waals surface area (Å²) in [6.07, 6.45) is 0. The minimum absolute atomic E-state index is 0.0333. The highest BCUT2D eigenvalue weighted by molar-refractivity contribution is 5.93. The van der Waals surface area contributed by atoms with E-state index in [1.165, 1.54) is 0 Å². The number of carbonyl (C=O) groups is 2. The molecule has 0 unspecified atom stereocenters. The second-order valence-corrected chi connectivity index (χ2v) is 5.86. The number of ether oxygens (including phenoxy) is 3. The number of carbonyl (C=O) groups excluding carboxylic acids is 2. The standard InChI is InChI=1S/C17H21NO5/c1-4-23-17(20)15-12-9-18(16(19)14(12)15)8-10-5-6-11(21-2)7-13(10)22-3/h5-7,12,14-15H,4,8-9H2,1-3H3/t12-,14+,15+/m0/s1. The van der Waals surface area contributed by atoms with Gasteiger partial charge >= 0.3 is 5.97 Å². The van der Waals surface area contributed by atoms with Crippen molar-refractivity contribution in [1.29, 1.82) is 0 Å². The summed E-state index contributed by atoms with van der Waals surface area (Å²) in [6, 6.07) is 5.55. The van der Waals surface area contributed by atoms with Crippen molar-refractivity contribution in [3.05, 3.63) is 23.8 Å². The van der Waals surface area contributed by atoms with Crippen molar-refractivity contribution in [1.82, 2.24) is 4.90 Å². The zero-order valence-corrected chi connectivity index (χ0v) is 13.6. The number of fused-ring (bicyclic) bond motifs is 1. The second kappa shape index (κ2) is 6.10. The summed E-state index contributed by atoms with van der Waals surface area (Å²) in [6.45, 7) is 3.21. The fraction of sp³-hybridized carbons (Fsp3) is 0.529. The number of esters is 1.